The summed E-state index contributed by atoms with van der Waals surface area (Å²) in [6.45, 7) is 10.8. The van der Waals surface area contributed by atoms with E-state index in [9.17, 15) is 14.7 Å². The number of hydrogen-bond donors (Lipinski definition) is 3. The van der Waals surface area contributed by atoms with E-state index in [0.29, 0.717) is 29.9 Å². The van der Waals surface area contributed by atoms with Gasteiger partial charge in [-0.15, -0.1) is 0 Å². The van der Waals surface area contributed by atoms with Crippen molar-refractivity contribution in [1.29, 1.82) is 0 Å². The predicted octanol–water partition coefficient (Wildman–Crippen LogP) is 3.75. The minimum atomic E-state index is -0.941. The van der Waals surface area contributed by atoms with Crippen LogP contribution in [0.3, 0.4) is 0 Å². The van der Waals surface area contributed by atoms with Gasteiger partial charge in [0.1, 0.15) is 11.7 Å². The Morgan fingerprint density at radius 2 is 1.98 bits per heavy atom. The van der Waals surface area contributed by atoms with Gasteiger partial charge in [0.25, 0.3) is 0 Å². The molecule has 7 aliphatic rings. The van der Waals surface area contributed by atoms with Gasteiger partial charge in [-0.05, 0) is 69.9 Å². The van der Waals surface area contributed by atoms with Crippen LogP contribution >= 0.6 is 0 Å². The van der Waals surface area contributed by atoms with Crippen LogP contribution in [0.1, 0.15) is 83.8 Å². The number of carbonyl (C=O) groups excluding carboxylic acids is 2. The van der Waals surface area contributed by atoms with Gasteiger partial charge in [-0.3, -0.25) is 4.79 Å². The maximum atomic E-state index is 13.4. The van der Waals surface area contributed by atoms with E-state index in [1.54, 1.807) is 14.2 Å². The monoisotopic (exact) mass is 653 g/mol. The van der Waals surface area contributed by atoms with Crippen LogP contribution in [0.15, 0.2) is 12.1 Å². The SMILES string of the molecule is CO[C@]12CC[C@@]3(C[C@@H]1C(C)(C)O)[C@@H]1Cc4ccc(OC(=O)N(C)CCNC(=O)[C@@H](N)CC(C)C)c5c4[C@@]3(CC[N+]1(C)CC1CC1)[C@H]2O5. The number of ether oxygens (including phenoxy) is 3. The van der Waals surface area contributed by atoms with Crippen LogP contribution in [-0.2, 0) is 21.4 Å². The summed E-state index contributed by atoms with van der Waals surface area (Å²) >= 11 is 0. The molecule has 2 aliphatic heterocycles. The zero-order valence-corrected chi connectivity index (χ0v) is 29.6. The first-order valence-electron chi connectivity index (χ1n) is 18.0. The molecule has 10 heteroatoms. The summed E-state index contributed by atoms with van der Waals surface area (Å²) in [5, 5.41) is 14.6. The second-order valence-corrected chi connectivity index (χ2v) is 17.2. The lowest BCUT2D eigenvalue weighted by molar-refractivity contribution is -0.952. The van der Waals surface area contributed by atoms with Crippen LogP contribution in [0.2, 0.25) is 0 Å². The van der Waals surface area contributed by atoms with Crippen LogP contribution < -0.4 is 20.5 Å². The fraction of sp³-hybridized carbons (Fsp3) is 0.784. The summed E-state index contributed by atoms with van der Waals surface area (Å²) < 4.78 is 20.9. The molecule has 1 unspecified atom stereocenters. The average molecular weight is 654 g/mol. The number of rotatable bonds is 11. The molecule has 4 N–H and O–H groups in total. The molecule has 8 rings (SSSR count). The van der Waals surface area contributed by atoms with E-state index in [1.807, 2.05) is 33.8 Å². The fourth-order valence-electron chi connectivity index (χ4n) is 11.4. The molecule has 10 nitrogen and oxygen atoms in total. The van der Waals surface area contributed by atoms with Crippen molar-refractivity contribution in [2.45, 2.75) is 114 Å². The third kappa shape index (κ3) is 4.78. The Balaban J connectivity index is 1.20. The van der Waals surface area contributed by atoms with E-state index in [-0.39, 0.29) is 41.8 Å². The standard InChI is InChI=1S/C37H56N4O6/c1-22(2)18-25(38)31(42)39-15-16-40(5)33(43)46-26-11-10-24-19-28-35-12-13-37(45-7,27(20-35)34(3,4)44)32-36(35,29(24)30(26)47-32)14-17-41(28,6)21-23-8-9-23/h10-11,22-23,25,27-28,32,44H,8-9,12-21,38H2,1-7H3/p+1/t25-,27+,28-,32+,35+,36-,37+,41?/m0/s1. The number of carbonyl (C=O) groups is 2. The number of piperidine rings is 1. The predicted molar refractivity (Wildman–Crippen MR) is 178 cm³/mol. The number of nitrogens with one attached hydrogen (secondary N) is 1. The molecular weight excluding hydrogens is 596 g/mol. The molecule has 8 atom stereocenters. The Morgan fingerprint density at radius 1 is 1.23 bits per heavy atom. The van der Waals surface area contributed by atoms with Crippen molar-refractivity contribution in [3.63, 3.8) is 0 Å². The summed E-state index contributed by atoms with van der Waals surface area (Å²) in [6, 6.07) is 3.95. The molecule has 4 saturated carbocycles. The number of hydrogen-bond acceptors (Lipinski definition) is 7. The van der Waals surface area contributed by atoms with E-state index in [0.717, 1.165) is 49.0 Å². The Labute approximate surface area is 280 Å². The van der Waals surface area contributed by atoms with E-state index < -0.39 is 23.3 Å². The molecular formula is C37H57N4O6+. The number of likely N-dealkylation sites (tertiary alicyclic amines) is 1. The van der Waals surface area contributed by atoms with Gasteiger partial charge in [0.2, 0.25) is 5.91 Å². The lowest BCUT2D eigenvalue weighted by Gasteiger charge is -2.75. The smallest absolute Gasteiger partial charge is 0.415 e. The number of quaternary nitrogens is 1. The quantitative estimate of drug-likeness (QED) is 0.311. The van der Waals surface area contributed by atoms with Gasteiger partial charge in [-0.25, -0.2) is 4.79 Å². The summed E-state index contributed by atoms with van der Waals surface area (Å²) in [6.07, 6.45) is 7.28. The second kappa shape index (κ2) is 11.1. The van der Waals surface area contributed by atoms with Gasteiger partial charge >= 0.3 is 6.09 Å². The second-order valence-electron chi connectivity index (χ2n) is 17.2. The molecule has 1 aromatic carbocycles. The minimum absolute atomic E-state index is 0.0448. The molecule has 260 valence electrons. The first kappa shape index (κ1) is 33.1. The number of nitrogens with zero attached hydrogens (tertiary/aromatic N) is 2. The molecule has 5 fully saturated rings. The van der Waals surface area contributed by atoms with Crippen LogP contribution in [0.5, 0.6) is 11.5 Å². The number of aliphatic hydroxyl groups is 1. The van der Waals surface area contributed by atoms with Crippen molar-refractivity contribution < 1.29 is 33.4 Å². The van der Waals surface area contributed by atoms with Crippen molar-refractivity contribution in [3.8, 4) is 11.5 Å². The Bertz CT molecular complexity index is 1440. The molecule has 2 amide bonds. The van der Waals surface area contributed by atoms with Gasteiger partial charge in [0.05, 0.1) is 43.2 Å². The molecule has 47 heavy (non-hydrogen) atoms. The molecule has 2 heterocycles. The minimum Gasteiger partial charge on any atom is -0.482 e. The van der Waals surface area contributed by atoms with Crippen molar-refractivity contribution in [2.24, 2.45) is 28.9 Å². The Kier molecular flexibility index (Phi) is 7.79. The van der Waals surface area contributed by atoms with E-state index in [2.05, 4.69) is 18.4 Å². The van der Waals surface area contributed by atoms with Crippen LogP contribution in [0.4, 0.5) is 4.79 Å². The maximum Gasteiger partial charge on any atom is 0.415 e. The van der Waals surface area contributed by atoms with Crippen molar-refractivity contribution in [2.75, 3.05) is 47.4 Å². The van der Waals surface area contributed by atoms with Crippen LogP contribution in [-0.4, -0.2) is 103 Å². The summed E-state index contributed by atoms with van der Waals surface area (Å²) in [4.78, 5) is 27.3. The highest BCUT2D eigenvalue weighted by Crippen LogP contribution is 2.78. The van der Waals surface area contributed by atoms with Gasteiger partial charge in [0.15, 0.2) is 11.5 Å². The molecule has 4 bridgehead atoms. The van der Waals surface area contributed by atoms with Crippen LogP contribution in [0.25, 0.3) is 0 Å². The van der Waals surface area contributed by atoms with E-state index in [1.165, 1.54) is 35.4 Å². The van der Waals surface area contributed by atoms with E-state index >= 15 is 0 Å². The molecule has 2 spiro atoms. The van der Waals surface area contributed by atoms with Gasteiger partial charge in [0, 0.05) is 62.9 Å². The zero-order chi connectivity index (χ0) is 33.7. The van der Waals surface area contributed by atoms with E-state index in [4.69, 9.17) is 19.9 Å². The summed E-state index contributed by atoms with van der Waals surface area (Å²) in [5.41, 5.74) is 6.66. The number of benzene rings is 1. The normalized spacial score (nSPS) is 36.9. The van der Waals surface area contributed by atoms with Gasteiger partial charge in [-0.2, -0.15) is 0 Å². The average Bonchev–Trinajstić information content (AvgIpc) is 3.74. The first-order valence-corrected chi connectivity index (χ1v) is 18.0. The fourth-order valence-corrected chi connectivity index (χ4v) is 11.4. The van der Waals surface area contributed by atoms with Gasteiger partial charge < -0.3 is 39.8 Å². The first-order chi connectivity index (χ1) is 22.1. The summed E-state index contributed by atoms with van der Waals surface area (Å²) in [5.74, 6) is 1.96. The highest BCUT2D eigenvalue weighted by molar-refractivity contribution is 5.81. The lowest BCUT2D eigenvalue weighted by Crippen LogP contribution is -2.84. The number of likely N-dealkylation sites (N-methyl/N-ethyl adjacent to an activating group) is 2. The van der Waals surface area contributed by atoms with Crippen molar-refractivity contribution in [3.05, 3.63) is 23.3 Å². The third-order valence-electron chi connectivity index (χ3n) is 13.5. The number of fused-ring (bicyclic) bond motifs is 2. The lowest BCUT2D eigenvalue weighted by atomic mass is 9.33. The number of nitrogens with two attached hydrogens (primary N) is 1. The maximum absolute atomic E-state index is 13.4. The Hall–Kier alpha value is -2.40. The van der Waals surface area contributed by atoms with Crippen molar-refractivity contribution in [1.82, 2.24) is 10.2 Å². The molecule has 1 saturated heterocycles. The summed E-state index contributed by atoms with van der Waals surface area (Å²) in [7, 11) is 5.97. The van der Waals surface area contributed by atoms with Crippen LogP contribution in [0, 0.1) is 23.2 Å². The zero-order valence-electron chi connectivity index (χ0n) is 29.6. The molecule has 0 radical (unpaired) electrons. The number of amides is 2. The van der Waals surface area contributed by atoms with Crippen molar-refractivity contribution >= 4 is 12.0 Å². The highest BCUT2D eigenvalue weighted by atomic mass is 16.6. The largest absolute Gasteiger partial charge is 0.482 e. The molecule has 5 aliphatic carbocycles. The number of methoxy groups -OCH3 is 1. The Morgan fingerprint density at radius 3 is 2.64 bits per heavy atom. The molecule has 0 aromatic heterocycles. The topological polar surface area (TPSA) is 123 Å². The molecule has 1 aromatic rings. The highest BCUT2D eigenvalue weighted by Gasteiger charge is 2.84. The third-order valence-corrected chi connectivity index (χ3v) is 13.5. The van der Waals surface area contributed by atoms with Gasteiger partial charge in [-0.1, -0.05) is 19.9 Å².